The molecule has 0 saturated heterocycles. The van der Waals surface area contributed by atoms with Gasteiger partial charge in [0.1, 0.15) is 0 Å². The Balaban J connectivity index is 1.61. The number of aromatic nitrogens is 3. The third kappa shape index (κ3) is 3.70. The second-order valence-corrected chi connectivity index (χ2v) is 11.4. The van der Waals surface area contributed by atoms with Crippen molar-refractivity contribution in [3.63, 3.8) is 0 Å². The molecule has 4 aromatic rings. The van der Waals surface area contributed by atoms with Crippen molar-refractivity contribution in [3.8, 4) is 11.3 Å². The summed E-state index contributed by atoms with van der Waals surface area (Å²) >= 11 is 1.39. The Morgan fingerprint density at radius 3 is 2.64 bits per heavy atom. The van der Waals surface area contributed by atoms with E-state index in [0.29, 0.717) is 16.1 Å². The molecule has 33 heavy (non-hydrogen) atoms. The number of carbonyl (C=O) groups excluding carboxylic acids is 1. The summed E-state index contributed by atoms with van der Waals surface area (Å²) in [7, 11) is -1.69. The van der Waals surface area contributed by atoms with Gasteiger partial charge in [-0.2, -0.15) is 9.40 Å². The third-order valence-corrected chi connectivity index (χ3v) is 8.83. The molecule has 3 heterocycles. The molecule has 1 aliphatic carbocycles. The van der Waals surface area contributed by atoms with E-state index in [1.54, 1.807) is 30.0 Å². The maximum Gasteiger partial charge on any atom is 0.211 e. The highest BCUT2D eigenvalue weighted by Gasteiger charge is 2.43. The number of carbonyl (C=O) groups is 1. The predicted octanol–water partition coefficient (Wildman–Crippen LogP) is 4.35. The molecule has 0 unspecified atom stereocenters. The molecule has 0 atom stereocenters. The van der Waals surface area contributed by atoms with Crippen LogP contribution in [-0.4, -0.2) is 46.4 Å². The number of fused-ring (bicyclic) bond motifs is 1. The molecule has 0 amide bonds. The van der Waals surface area contributed by atoms with Crippen molar-refractivity contribution in [1.29, 1.82) is 0 Å². The molecule has 170 valence electrons. The molecule has 0 N–H and O–H groups in total. The molecule has 0 spiro atoms. The summed E-state index contributed by atoms with van der Waals surface area (Å²) < 4.78 is 28.1. The van der Waals surface area contributed by atoms with Crippen LogP contribution in [0.5, 0.6) is 0 Å². The van der Waals surface area contributed by atoms with Crippen LogP contribution in [0, 0.1) is 0 Å². The van der Waals surface area contributed by atoms with E-state index in [4.69, 9.17) is 0 Å². The second-order valence-electron chi connectivity index (χ2n) is 8.48. The van der Waals surface area contributed by atoms with Crippen molar-refractivity contribution in [1.82, 2.24) is 18.9 Å². The van der Waals surface area contributed by atoms with Crippen molar-refractivity contribution in [2.45, 2.75) is 31.2 Å². The maximum atomic E-state index is 12.9. The number of nitrogens with zero attached hydrogens (tertiary/aromatic N) is 4. The highest BCUT2D eigenvalue weighted by molar-refractivity contribution is 7.88. The van der Waals surface area contributed by atoms with Crippen LogP contribution in [0.25, 0.3) is 16.9 Å². The van der Waals surface area contributed by atoms with Gasteiger partial charge in [0.15, 0.2) is 5.65 Å². The standard InChI is InChI=1S/C24H24N4O3S2/c1-27(33(2,30)31)24(11-3-4-12-24)18-8-5-7-17(15-18)20-10-13-25-23-19(16-26-28(20)23)22(29)21-9-6-14-32-21/h5-10,13-16H,3-4,11-12H2,1-2H3. The summed E-state index contributed by atoms with van der Waals surface area (Å²) in [6.07, 6.45) is 8.04. The molecular weight excluding hydrogens is 456 g/mol. The zero-order valence-electron chi connectivity index (χ0n) is 18.4. The molecule has 5 rings (SSSR count). The molecule has 9 heteroatoms. The van der Waals surface area contributed by atoms with Crippen LogP contribution in [-0.2, 0) is 15.6 Å². The average Bonchev–Trinajstić information content (AvgIpc) is 3.58. The van der Waals surface area contributed by atoms with Crippen molar-refractivity contribution in [2.75, 3.05) is 13.3 Å². The van der Waals surface area contributed by atoms with Crippen LogP contribution in [0.2, 0.25) is 0 Å². The first-order chi connectivity index (χ1) is 15.8. The number of thiophene rings is 1. The van der Waals surface area contributed by atoms with Crippen LogP contribution >= 0.6 is 11.3 Å². The van der Waals surface area contributed by atoms with Gasteiger partial charge < -0.3 is 0 Å². The van der Waals surface area contributed by atoms with Gasteiger partial charge in [0.2, 0.25) is 15.8 Å². The first-order valence-electron chi connectivity index (χ1n) is 10.8. The first kappa shape index (κ1) is 21.9. The fourth-order valence-electron chi connectivity index (χ4n) is 4.84. The Hall–Kier alpha value is -2.88. The van der Waals surface area contributed by atoms with E-state index < -0.39 is 15.6 Å². The van der Waals surface area contributed by atoms with Crippen LogP contribution in [0.3, 0.4) is 0 Å². The number of benzene rings is 1. The van der Waals surface area contributed by atoms with Gasteiger partial charge in [-0.25, -0.2) is 17.9 Å². The van der Waals surface area contributed by atoms with Crippen molar-refractivity contribution in [3.05, 3.63) is 76.2 Å². The minimum atomic E-state index is -3.36. The molecule has 1 aromatic carbocycles. The van der Waals surface area contributed by atoms with Gasteiger partial charge in [0.05, 0.1) is 34.1 Å². The van der Waals surface area contributed by atoms with E-state index in [1.165, 1.54) is 21.9 Å². The molecule has 7 nitrogen and oxygen atoms in total. The molecular formula is C24H24N4O3S2. The average molecular weight is 481 g/mol. The molecule has 3 aromatic heterocycles. The third-order valence-electron chi connectivity index (χ3n) is 6.62. The van der Waals surface area contributed by atoms with Gasteiger partial charge >= 0.3 is 0 Å². The van der Waals surface area contributed by atoms with E-state index in [2.05, 4.69) is 10.1 Å². The maximum absolute atomic E-state index is 12.9. The zero-order chi connectivity index (χ0) is 23.2. The van der Waals surface area contributed by atoms with E-state index in [1.807, 2.05) is 41.8 Å². The summed E-state index contributed by atoms with van der Waals surface area (Å²) in [4.78, 5) is 18.0. The van der Waals surface area contributed by atoms with Crippen LogP contribution in [0.4, 0.5) is 0 Å². The number of rotatable bonds is 6. The molecule has 0 bridgehead atoms. The summed E-state index contributed by atoms with van der Waals surface area (Å²) in [5, 5.41) is 6.35. The smallest absolute Gasteiger partial charge is 0.211 e. The second kappa shape index (κ2) is 8.16. The SMILES string of the molecule is CN(C1(c2cccc(-c3ccnc4c(C(=O)c5cccs5)cnn34)c2)CCCC1)S(C)(=O)=O. The lowest BCUT2D eigenvalue weighted by molar-refractivity contribution is 0.104. The molecule has 0 aliphatic heterocycles. The topological polar surface area (TPSA) is 84.6 Å². The number of hydrogen-bond acceptors (Lipinski definition) is 6. The minimum absolute atomic E-state index is 0.0990. The van der Waals surface area contributed by atoms with E-state index >= 15 is 0 Å². The van der Waals surface area contributed by atoms with Crippen molar-refractivity contribution >= 4 is 32.8 Å². The summed E-state index contributed by atoms with van der Waals surface area (Å²) in [5.41, 5.74) is 3.06. The summed E-state index contributed by atoms with van der Waals surface area (Å²) in [5.74, 6) is -0.0990. The fraction of sp³-hybridized carbons (Fsp3) is 0.292. The normalized spacial score (nSPS) is 16.0. The molecule has 0 radical (unpaired) electrons. The van der Waals surface area contributed by atoms with E-state index in [-0.39, 0.29) is 5.78 Å². The van der Waals surface area contributed by atoms with Gasteiger partial charge in [0.25, 0.3) is 0 Å². The Labute approximate surface area is 196 Å². The van der Waals surface area contributed by atoms with Gasteiger partial charge in [0, 0.05) is 18.8 Å². The largest absolute Gasteiger partial charge is 0.287 e. The van der Waals surface area contributed by atoms with Gasteiger partial charge in [-0.05, 0) is 42.0 Å². The Morgan fingerprint density at radius 2 is 1.94 bits per heavy atom. The van der Waals surface area contributed by atoms with Gasteiger partial charge in [-0.3, -0.25) is 4.79 Å². The quantitative estimate of drug-likeness (QED) is 0.383. The van der Waals surface area contributed by atoms with E-state index in [0.717, 1.165) is 42.5 Å². The zero-order valence-corrected chi connectivity index (χ0v) is 20.1. The van der Waals surface area contributed by atoms with Gasteiger partial charge in [-0.15, -0.1) is 11.3 Å². The van der Waals surface area contributed by atoms with E-state index in [9.17, 15) is 13.2 Å². The molecule has 1 fully saturated rings. The van der Waals surface area contributed by atoms with Crippen molar-refractivity contribution < 1.29 is 13.2 Å². The number of hydrogen-bond donors (Lipinski definition) is 0. The van der Waals surface area contributed by atoms with Crippen LogP contribution in [0.15, 0.2) is 60.2 Å². The lowest BCUT2D eigenvalue weighted by Crippen LogP contribution is -2.44. The lowest BCUT2D eigenvalue weighted by atomic mass is 9.87. The predicted molar refractivity (Wildman–Crippen MR) is 129 cm³/mol. The highest BCUT2D eigenvalue weighted by Crippen LogP contribution is 2.45. The van der Waals surface area contributed by atoms with Gasteiger partial charge in [-0.1, -0.05) is 37.1 Å². The Morgan fingerprint density at radius 1 is 1.15 bits per heavy atom. The number of sulfonamides is 1. The lowest BCUT2D eigenvalue weighted by Gasteiger charge is -2.38. The highest BCUT2D eigenvalue weighted by atomic mass is 32.2. The Kier molecular flexibility index (Phi) is 5.43. The molecule has 1 saturated carbocycles. The fourth-order valence-corrected chi connectivity index (χ4v) is 6.44. The summed E-state index contributed by atoms with van der Waals surface area (Å²) in [6, 6.07) is 13.5. The minimum Gasteiger partial charge on any atom is -0.287 e. The van der Waals surface area contributed by atoms with Crippen LogP contribution in [0.1, 0.15) is 46.5 Å². The van der Waals surface area contributed by atoms with Crippen molar-refractivity contribution in [2.24, 2.45) is 0 Å². The number of ketones is 1. The summed E-state index contributed by atoms with van der Waals surface area (Å²) in [6.45, 7) is 0. The van der Waals surface area contributed by atoms with Crippen LogP contribution < -0.4 is 0 Å². The monoisotopic (exact) mass is 480 g/mol. The first-order valence-corrected chi connectivity index (χ1v) is 13.5. The Bertz CT molecular complexity index is 1440. The molecule has 1 aliphatic rings.